The molecule has 0 aliphatic carbocycles. The summed E-state index contributed by atoms with van der Waals surface area (Å²) in [5, 5.41) is 2.91. The summed E-state index contributed by atoms with van der Waals surface area (Å²) in [6.45, 7) is 13.7. The van der Waals surface area contributed by atoms with Crippen molar-refractivity contribution in [2.75, 3.05) is 10.0 Å². The molecule has 2 N–H and O–H groups in total. The van der Waals surface area contributed by atoms with Gasteiger partial charge in [-0.3, -0.25) is 9.52 Å². The topological polar surface area (TPSA) is 75.3 Å². The third kappa shape index (κ3) is 6.32. The molecule has 0 radical (unpaired) electrons. The summed E-state index contributed by atoms with van der Waals surface area (Å²) in [6.07, 6.45) is 0.740. The maximum atomic E-state index is 13.0. The molecule has 0 aromatic heterocycles. The zero-order chi connectivity index (χ0) is 22.0. The fourth-order valence-electron chi connectivity index (χ4n) is 3.36. The second-order valence-electron chi connectivity index (χ2n) is 9.06. The molecule has 1 amide bonds. The predicted molar refractivity (Wildman–Crippen MR) is 120 cm³/mol. The molecule has 6 heteroatoms. The maximum Gasteiger partial charge on any atom is 0.262 e. The molecule has 0 heterocycles. The van der Waals surface area contributed by atoms with Crippen LogP contribution in [0.25, 0.3) is 0 Å². The van der Waals surface area contributed by atoms with Gasteiger partial charge in [-0.25, -0.2) is 8.42 Å². The average molecular weight is 417 g/mol. The van der Waals surface area contributed by atoms with E-state index < -0.39 is 10.0 Å². The molecule has 0 fully saturated rings. The molecule has 0 bridgehead atoms. The largest absolute Gasteiger partial charge is 0.326 e. The molecule has 2 aromatic rings. The minimum absolute atomic E-state index is 0.0333. The van der Waals surface area contributed by atoms with Gasteiger partial charge in [0, 0.05) is 17.3 Å². The van der Waals surface area contributed by atoms with E-state index in [4.69, 9.17) is 0 Å². The number of amides is 1. The summed E-state index contributed by atoms with van der Waals surface area (Å²) >= 11 is 0. The Kier molecular flexibility index (Phi) is 6.78. The maximum absolute atomic E-state index is 13.0. The van der Waals surface area contributed by atoms with Crippen LogP contribution in [0.5, 0.6) is 0 Å². The number of anilines is 2. The van der Waals surface area contributed by atoms with E-state index in [1.54, 1.807) is 31.2 Å². The summed E-state index contributed by atoms with van der Waals surface area (Å²) in [5.41, 5.74) is 3.56. The highest BCUT2D eigenvalue weighted by molar-refractivity contribution is 7.92. The van der Waals surface area contributed by atoms with Crippen LogP contribution >= 0.6 is 0 Å². The molecule has 0 saturated carbocycles. The van der Waals surface area contributed by atoms with Crippen molar-refractivity contribution >= 4 is 27.3 Å². The van der Waals surface area contributed by atoms with Crippen LogP contribution in [0.4, 0.5) is 11.4 Å². The lowest BCUT2D eigenvalue weighted by Gasteiger charge is -2.23. The van der Waals surface area contributed by atoms with E-state index in [0.717, 1.165) is 17.5 Å². The fourth-order valence-corrected chi connectivity index (χ4v) is 4.67. The van der Waals surface area contributed by atoms with Gasteiger partial charge >= 0.3 is 0 Å². The second kappa shape index (κ2) is 8.57. The molecule has 0 aliphatic rings. The number of benzene rings is 2. The summed E-state index contributed by atoms with van der Waals surface area (Å²) in [4.78, 5) is 12.8. The second-order valence-corrected chi connectivity index (χ2v) is 10.7. The molecule has 0 aliphatic heterocycles. The highest BCUT2D eigenvalue weighted by Crippen LogP contribution is 2.28. The van der Waals surface area contributed by atoms with Gasteiger partial charge in [0.1, 0.15) is 0 Å². The lowest BCUT2D eigenvalue weighted by atomic mass is 9.85. The van der Waals surface area contributed by atoms with Gasteiger partial charge in [0.05, 0.1) is 4.90 Å². The SMILES string of the molecule is Cc1ccc(NS(=O)(=O)c2cc(NC(=O)C(C)CC(C)(C)C)c(C)cc2C)cc1. The van der Waals surface area contributed by atoms with Gasteiger partial charge in [0.15, 0.2) is 0 Å². The Balaban J connectivity index is 2.30. The Hall–Kier alpha value is -2.34. The summed E-state index contributed by atoms with van der Waals surface area (Å²) in [6, 6.07) is 10.5. The van der Waals surface area contributed by atoms with Crippen molar-refractivity contribution < 1.29 is 13.2 Å². The van der Waals surface area contributed by atoms with Crippen LogP contribution in [0.2, 0.25) is 0 Å². The Bertz CT molecular complexity index is 988. The number of hydrogen-bond donors (Lipinski definition) is 2. The van der Waals surface area contributed by atoms with Gasteiger partial charge in [-0.2, -0.15) is 0 Å². The first-order valence-corrected chi connectivity index (χ1v) is 11.3. The number of carbonyl (C=O) groups excluding carboxylic acids is 1. The lowest BCUT2D eigenvalue weighted by Crippen LogP contribution is -2.25. The van der Waals surface area contributed by atoms with Crippen molar-refractivity contribution in [2.45, 2.75) is 59.8 Å². The predicted octanol–water partition coefficient (Wildman–Crippen LogP) is 5.42. The van der Waals surface area contributed by atoms with Crippen LogP contribution in [-0.2, 0) is 14.8 Å². The van der Waals surface area contributed by atoms with E-state index in [2.05, 4.69) is 30.8 Å². The average Bonchev–Trinajstić information content (AvgIpc) is 2.57. The smallest absolute Gasteiger partial charge is 0.262 e. The van der Waals surface area contributed by atoms with E-state index in [1.165, 1.54) is 0 Å². The Morgan fingerprint density at radius 3 is 2.14 bits per heavy atom. The van der Waals surface area contributed by atoms with Crippen LogP contribution < -0.4 is 10.0 Å². The molecule has 1 atom stereocenters. The molecule has 158 valence electrons. The highest BCUT2D eigenvalue weighted by Gasteiger charge is 2.23. The molecule has 5 nitrogen and oxygen atoms in total. The van der Waals surface area contributed by atoms with Crippen molar-refractivity contribution in [3.8, 4) is 0 Å². The van der Waals surface area contributed by atoms with Gasteiger partial charge < -0.3 is 5.32 Å². The van der Waals surface area contributed by atoms with E-state index in [9.17, 15) is 13.2 Å². The molecule has 0 saturated heterocycles. The first-order chi connectivity index (χ1) is 13.3. The van der Waals surface area contributed by atoms with Gasteiger partial charge in [-0.15, -0.1) is 0 Å². The van der Waals surface area contributed by atoms with E-state index >= 15 is 0 Å². The minimum Gasteiger partial charge on any atom is -0.326 e. The first-order valence-electron chi connectivity index (χ1n) is 9.80. The zero-order valence-electron chi connectivity index (χ0n) is 18.4. The number of hydrogen-bond acceptors (Lipinski definition) is 3. The van der Waals surface area contributed by atoms with Crippen LogP contribution in [-0.4, -0.2) is 14.3 Å². The molecule has 2 rings (SSSR count). The Morgan fingerprint density at radius 2 is 1.59 bits per heavy atom. The van der Waals surface area contributed by atoms with Crippen LogP contribution in [0.15, 0.2) is 41.3 Å². The first kappa shape index (κ1) is 22.9. The van der Waals surface area contributed by atoms with Crippen molar-refractivity contribution in [2.24, 2.45) is 11.3 Å². The molecular weight excluding hydrogens is 384 g/mol. The molecule has 0 spiro atoms. The fraction of sp³-hybridized carbons (Fsp3) is 0.435. The lowest BCUT2D eigenvalue weighted by molar-refractivity contribution is -0.120. The van der Waals surface area contributed by atoms with Crippen molar-refractivity contribution in [3.63, 3.8) is 0 Å². The summed E-state index contributed by atoms with van der Waals surface area (Å²) in [5.74, 6) is -0.289. The Morgan fingerprint density at radius 1 is 1.00 bits per heavy atom. The molecule has 1 unspecified atom stereocenters. The quantitative estimate of drug-likeness (QED) is 0.660. The summed E-state index contributed by atoms with van der Waals surface area (Å²) < 4.78 is 28.5. The van der Waals surface area contributed by atoms with Crippen molar-refractivity contribution in [3.05, 3.63) is 53.1 Å². The van der Waals surface area contributed by atoms with E-state index in [1.807, 2.05) is 32.9 Å². The van der Waals surface area contributed by atoms with Crippen molar-refractivity contribution in [1.29, 1.82) is 0 Å². The monoisotopic (exact) mass is 416 g/mol. The van der Waals surface area contributed by atoms with Gasteiger partial charge in [-0.1, -0.05) is 51.5 Å². The van der Waals surface area contributed by atoms with Crippen LogP contribution in [0.3, 0.4) is 0 Å². The normalized spacial score (nSPS) is 13.1. The number of aryl methyl sites for hydroxylation is 3. The Labute approximate surface area is 175 Å². The summed E-state index contributed by atoms with van der Waals surface area (Å²) in [7, 11) is -3.78. The highest BCUT2D eigenvalue weighted by atomic mass is 32.2. The van der Waals surface area contributed by atoms with Crippen LogP contribution in [0.1, 0.15) is 50.8 Å². The molecule has 2 aromatic carbocycles. The van der Waals surface area contributed by atoms with E-state index in [0.29, 0.717) is 16.9 Å². The number of rotatable bonds is 6. The van der Waals surface area contributed by atoms with Gasteiger partial charge in [-0.05, 0) is 61.9 Å². The molecule has 29 heavy (non-hydrogen) atoms. The third-order valence-corrected chi connectivity index (χ3v) is 6.26. The standard InChI is InChI=1S/C23H32N2O3S/c1-15-8-10-19(11-9-15)25-29(27,28)21-13-20(16(2)12-17(21)3)24-22(26)18(4)14-23(5,6)7/h8-13,18,25H,14H2,1-7H3,(H,24,26). The number of nitrogens with one attached hydrogen (secondary N) is 2. The van der Waals surface area contributed by atoms with Crippen LogP contribution in [0, 0.1) is 32.1 Å². The van der Waals surface area contributed by atoms with Gasteiger partial charge in [0.25, 0.3) is 10.0 Å². The minimum atomic E-state index is -3.78. The third-order valence-electron chi connectivity index (χ3n) is 4.74. The number of carbonyl (C=O) groups is 1. The van der Waals surface area contributed by atoms with Gasteiger partial charge in [0.2, 0.25) is 5.91 Å². The zero-order valence-corrected chi connectivity index (χ0v) is 19.2. The molecular formula is C23H32N2O3S. The number of sulfonamides is 1. The van der Waals surface area contributed by atoms with E-state index in [-0.39, 0.29) is 22.1 Å². The van der Waals surface area contributed by atoms with Crippen molar-refractivity contribution in [1.82, 2.24) is 0 Å².